The maximum absolute atomic E-state index is 13.1. The zero-order chi connectivity index (χ0) is 14.9. The van der Waals surface area contributed by atoms with Crippen molar-refractivity contribution in [3.8, 4) is 5.75 Å². The molecule has 106 valence electrons. The lowest BCUT2D eigenvalue weighted by Crippen LogP contribution is -2.35. The van der Waals surface area contributed by atoms with Crippen LogP contribution in [0.5, 0.6) is 5.75 Å². The fraction of sp³-hybridized carbons (Fsp3) is 0.294. The molecule has 3 heteroatoms. The van der Waals surface area contributed by atoms with Crippen LogP contribution in [0.4, 0.5) is 4.39 Å². The summed E-state index contributed by atoms with van der Waals surface area (Å²) >= 11 is 0. The number of hydrogen-bond acceptors (Lipinski definition) is 2. The van der Waals surface area contributed by atoms with Crippen LogP contribution in [0.15, 0.2) is 36.4 Å². The lowest BCUT2D eigenvalue weighted by Gasteiger charge is -2.29. The minimum atomic E-state index is -0.739. The molecule has 0 heterocycles. The normalized spacial score (nSPS) is 13.9. The second-order valence-electron chi connectivity index (χ2n) is 5.30. The summed E-state index contributed by atoms with van der Waals surface area (Å²) in [7, 11) is 1.64. The van der Waals surface area contributed by atoms with Gasteiger partial charge in [0.1, 0.15) is 11.6 Å². The molecule has 0 amide bonds. The summed E-state index contributed by atoms with van der Waals surface area (Å²) in [6.07, 6.45) is 0. The molecule has 0 bridgehead atoms. The number of hydrogen-bond donors (Lipinski definition) is 1. The third-order valence-corrected chi connectivity index (χ3v) is 3.88. The number of benzene rings is 2. The predicted molar refractivity (Wildman–Crippen MR) is 79.5 cm³/mol. The van der Waals surface area contributed by atoms with E-state index in [-0.39, 0.29) is 5.82 Å². The first kappa shape index (κ1) is 14.5. The van der Waals surface area contributed by atoms with Gasteiger partial charge < -0.3 is 10.5 Å². The van der Waals surface area contributed by atoms with E-state index in [2.05, 4.69) is 0 Å². The van der Waals surface area contributed by atoms with Crippen LogP contribution >= 0.6 is 0 Å². The van der Waals surface area contributed by atoms with Crippen molar-refractivity contribution in [3.63, 3.8) is 0 Å². The van der Waals surface area contributed by atoms with Gasteiger partial charge in [0.25, 0.3) is 0 Å². The Balaban J connectivity index is 2.59. The molecule has 0 fully saturated rings. The first-order valence-corrected chi connectivity index (χ1v) is 6.57. The third kappa shape index (κ3) is 2.41. The number of nitrogens with two attached hydrogens (primary N) is 1. The van der Waals surface area contributed by atoms with Crippen LogP contribution in [0.2, 0.25) is 0 Å². The first-order chi connectivity index (χ1) is 9.37. The zero-order valence-corrected chi connectivity index (χ0v) is 12.3. The minimum Gasteiger partial charge on any atom is -0.496 e. The van der Waals surface area contributed by atoms with E-state index in [1.54, 1.807) is 19.2 Å². The molecular formula is C17H20FNO. The Morgan fingerprint density at radius 3 is 2.20 bits per heavy atom. The zero-order valence-electron chi connectivity index (χ0n) is 12.3. The molecule has 0 aliphatic carbocycles. The lowest BCUT2D eigenvalue weighted by atomic mass is 9.83. The summed E-state index contributed by atoms with van der Waals surface area (Å²) in [5.41, 5.74) is 9.74. The third-order valence-electron chi connectivity index (χ3n) is 3.88. The van der Waals surface area contributed by atoms with E-state index >= 15 is 0 Å². The Morgan fingerprint density at radius 2 is 1.65 bits per heavy atom. The van der Waals surface area contributed by atoms with Gasteiger partial charge in [0.2, 0.25) is 0 Å². The molecule has 0 saturated heterocycles. The second-order valence-corrected chi connectivity index (χ2v) is 5.30. The van der Waals surface area contributed by atoms with Crippen molar-refractivity contribution in [1.29, 1.82) is 0 Å². The van der Waals surface area contributed by atoms with Gasteiger partial charge in [-0.1, -0.05) is 24.3 Å². The number of aryl methyl sites for hydroxylation is 1. The van der Waals surface area contributed by atoms with Crippen LogP contribution in [-0.2, 0) is 5.54 Å². The van der Waals surface area contributed by atoms with Crippen LogP contribution in [0.3, 0.4) is 0 Å². The molecular weight excluding hydrogens is 253 g/mol. The molecule has 2 N–H and O–H groups in total. The van der Waals surface area contributed by atoms with Gasteiger partial charge in [0.15, 0.2) is 0 Å². The van der Waals surface area contributed by atoms with E-state index in [9.17, 15) is 4.39 Å². The molecule has 20 heavy (non-hydrogen) atoms. The average Bonchev–Trinajstić information content (AvgIpc) is 2.42. The molecule has 0 aliphatic rings. The summed E-state index contributed by atoms with van der Waals surface area (Å²) in [4.78, 5) is 0. The summed E-state index contributed by atoms with van der Waals surface area (Å²) in [6.45, 7) is 5.96. The standard InChI is InChI=1S/C17H20FNO/c1-11-5-10-15(16(20-4)12(11)2)17(3,19)13-6-8-14(18)9-7-13/h5-10H,19H2,1-4H3. The van der Waals surface area contributed by atoms with E-state index in [1.807, 2.05) is 32.9 Å². The Morgan fingerprint density at radius 1 is 1.05 bits per heavy atom. The van der Waals surface area contributed by atoms with Gasteiger partial charge >= 0.3 is 0 Å². The van der Waals surface area contributed by atoms with E-state index < -0.39 is 5.54 Å². The van der Waals surface area contributed by atoms with E-state index in [4.69, 9.17) is 10.5 Å². The van der Waals surface area contributed by atoms with Crippen molar-refractivity contribution in [2.75, 3.05) is 7.11 Å². The van der Waals surface area contributed by atoms with Crippen molar-refractivity contribution in [1.82, 2.24) is 0 Å². The van der Waals surface area contributed by atoms with Gasteiger partial charge in [-0.25, -0.2) is 4.39 Å². The van der Waals surface area contributed by atoms with Crippen molar-refractivity contribution in [2.45, 2.75) is 26.3 Å². The monoisotopic (exact) mass is 273 g/mol. The van der Waals surface area contributed by atoms with Gasteiger partial charge in [-0.15, -0.1) is 0 Å². The molecule has 0 saturated carbocycles. The van der Waals surface area contributed by atoms with Crippen LogP contribution < -0.4 is 10.5 Å². The highest BCUT2D eigenvalue weighted by molar-refractivity contribution is 5.52. The Bertz CT molecular complexity index is 618. The largest absolute Gasteiger partial charge is 0.496 e. The molecule has 2 aromatic carbocycles. The molecule has 0 radical (unpaired) electrons. The average molecular weight is 273 g/mol. The SMILES string of the molecule is COc1c(C(C)(N)c2ccc(F)cc2)ccc(C)c1C. The van der Waals surface area contributed by atoms with E-state index in [0.29, 0.717) is 0 Å². The highest BCUT2D eigenvalue weighted by atomic mass is 19.1. The van der Waals surface area contributed by atoms with Crippen LogP contribution in [-0.4, -0.2) is 7.11 Å². The van der Waals surface area contributed by atoms with Crippen LogP contribution in [0, 0.1) is 19.7 Å². The molecule has 2 nitrogen and oxygen atoms in total. The number of ether oxygens (including phenoxy) is 1. The van der Waals surface area contributed by atoms with E-state index in [1.165, 1.54) is 12.1 Å². The molecule has 2 aromatic rings. The summed E-state index contributed by atoms with van der Waals surface area (Å²) in [5.74, 6) is 0.524. The van der Waals surface area contributed by atoms with Crippen LogP contribution in [0.1, 0.15) is 29.2 Å². The first-order valence-electron chi connectivity index (χ1n) is 6.57. The number of halogens is 1. The Hall–Kier alpha value is -1.87. The van der Waals surface area contributed by atoms with Crippen molar-refractivity contribution in [2.24, 2.45) is 5.73 Å². The van der Waals surface area contributed by atoms with Crippen molar-refractivity contribution < 1.29 is 9.13 Å². The molecule has 2 rings (SSSR count). The smallest absolute Gasteiger partial charge is 0.127 e. The summed E-state index contributed by atoms with van der Waals surface area (Å²) in [6, 6.07) is 10.3. The highest BCUT2D eigenvalue weighted by Crippen LogP contribution is 2.36. The Labute approximate surface area is 119 Å². The molecule has 1 atom stereocenters. The van der Waals surface area contributed by atoms with Gasteiger partial charge in [0.05, 0.1) is 12.6 Å². The molecule has 0 aliphatic heterocycles. The van der Waals surface area contributed by atoms with Gasteiger partial charge in [-0.05, 0) is 49.6 Å². The second kappa shape index (κ2) is 5.25. The van der Waals surface area contributed by atoms with Crippen molar-refractivity contribution in [3.05, 3.63) is 64.5 Å². The molecule has 1 unspecified atom stereocenters. The maximum atomic E-state index is 13.1. The highest BCUT2D eigenvalue weighted by Gasteiger charge is 2.28. The number of methoxy groups -OCH3 is 1. The maximum Gasteiger partial charge on any atom is 0.127 e. The summed E-state index contributed by atoms with van der Waals surface area (Å²) in [5, 5.41) is 0. The van der Waals surface area contributed by atoms with Crippen LogP contribution in [0.25, 0.3) is 0 Å². The lowest BCUT2D eigenvalue weighted by molar-refractivity contribution is 0.395. The minimum absolute atomic E-state index is 0.267. The van der Waals surface area contributed by atoms with Gasteiger partial charge in [-0.2, -0.15) is 0 Å². The van der Waals surface area contributed by atoms with Gasteiger partial charge in [0, 0.05) is 5.56 Å². The summed E-state index contributed by atoms with van der Waals surface area (Å²) < 4.78 is 18.6. The van der Waals surface area contributed by atoms with Gasteiger partial charge in [-0.3, -0.25) is 0 Å². The van der Waals surface area contributed by atoms with Crippen molar-refractivity contribution >= 4 is 0 Å². The quantitative estimate of drug-likeness (QED) is 0.926. The molecule has 0 spiro atoms. The Kier molecular flexibility index (Phi) is 3.82. The molecule has 0 aromatic heterocycles. The fourth-order valence-corrected chi connectivity index (χ4v) is 2.41. The predicted octanol–water partition coefficient (Wildman–Crippen LogP) is 3.67. The fourth-order valence-electron chi connectivity index (χ4n) is 2.41. The van der Waals surface area contributed by atoms with E-state index in [0.717, 1.165) is 28.0 Å². The topological polar surface area (TPSA) is 35.2 Å². The number of rotatable bonds is 3.